The Morgan fingerprint density at radius 1 is 0.641 bits per heavy atom. The van der Waals surface area contributed by atoms with Gasteiger partial charge in [0.05, 0.1) is 39.5 Å². The third-order valence-electron chi connectivity index (χ3n) is 5.33. The number of ether oxygens (including phenoxy) is 2. The Kier molecular flexibility index (Phi) is 20.6. The summed E-state index contributed by atoms with van der Waals surface area (Å²) >= 11 is 6.18. The van der Waals surface area contributed by atoms with Crippen LogP contribution in [-0.4, -0.2) is 103 Å². The lowest BCUT2D eigenvalue weighted by atomic mass is 10.5. The van der Waals surface area contributed by atoms with Crippen molar-refractivity contribution in [2.24, 2.45) is 0 Å². The number of hydrogen-bond acceptors (Lipinski definition) is 12. The van der Waals surface area contributed by atoms with Crippen molar-refractivity contribution in [3.8, 4) is 0 Å². The molecule has 0 aliphatic carbocycles. The number of carbonyl (C=O) groups is 1. The Morgan fingerprint density at radius 3 is 1.46 bits per heavy atom. The highest BCUT2D eigenvalue weighted by Gasteiger charge is 2.35. The van der Waals surface area contributed by atoms with E-state index >= 15 is 0 Å². The fraction of sp³-hybridized carbons (Fsp3) is 0.909. The van der Waals surface area contributed by atoms with Crippen LogP contribution >= 0.6 is 53.5 Å². The maximum absolute atomic E-state index is 13.6. The van der Waals surface area contributed by atoms with Crippen molar-refractivity contribution in [3.05, 3.63) is 0 Å². The molecule has 0 bridgehead atoms. The number of rotatable bonds is 23. The fourth-order valence-corrected chi connectivity index (χ4v) is 16.6. The predicted molar refractivity (Wildman–Crippen MR) is 164 cm³/mol. The molecule has 0 heterocycles. The second kappa shape index (κ2) is 20.4. The Bertz CT molecular complexity index is 932. The van der Waals surface area contributed by atoms with Crippen LogP contribution in [0.5, 0.6) is 0 Å². The van der Waals surface area contributed by atoms with Gasteiger partial charge in [-0.15, -0.1) is 0 Å². The van der Waals surface area contributed by atoms with E-state index < -0.39 is 35.4 Å². The second-order valence-electron chi connectivity index (χ2n) is 8.42. The quantitative estimate of drug-likeness (QED) is 0.0744. The van der Waals surface area contributed by atoms with E-state index in [2.05, 4.69) is 0 Å². The number of carbonyl (C=O) groups excluding carboxylic acids is 1. The van der Waals surface area contributed by atoms with Gasteiger partial charge in [0.25, 0.3) is 0 Å². The first-order valence-corrected chi connectivity index (χ1v) is 22.6. The van der Waals surface area contributed by atoms with E-state index in [1.165, 1.54) is 11.8 Å². The molecule has 4 atom stereocenters. The molecule has 0 aliphatic heterocycles. The molecule has 11 nitrogen and oxygen atoms in total. The van der Waals surface area contributed by atoms with Crippen molar-refractivity contribution in [3.63, 3.8) is 0 Å². The summed E-state index contributed by atoms with van der Waals surface area (Å²) in [6.07, 6.45) is -0.849. The Balaban J connectivity index is 5.26. The molecule has 0 aromatic heterocycles. The van der Waals surface area contributed by atoms with Crippen molar-refractivity contribution in [1.82, 2.24) is 0 Å². The molecule has 0 radical (unpaired) electrons. The zero-order chi connectivity index (χ0) is 30.0. The van der Waals surface area contributed by atoms with Gasteiger partial charge in [-0.25, -0.2) is 0 Å². The highest BCUT2D eigenvalue weighted by atomic mass is 32.2. The van der Waals surface area contributed by atoms with E-state index in [9.17, 15) is 27.9 Å². The summed E-state index contributed by atoms with van der Waals surface area (Å²) in [6, 6.07) is 0. The van der Waals surface area contributed by atoms with Gasteiger partial charge in [-0.05, 0) is 46.8 Å². The zero-order valence-electron chi connectivity index (χ0n) is 23.7. The lowest BCUT2D eigenvalue weighted by Crippen LogP contribution is -2.14. The van der Waals surface area contributed by atoms with E-state index in [4.69, 9.17) is 35.3 Å². The molecule has 39 heavy (non-hydrogen) atoms. The van der Waals surface area contributed by atoms with Crippen LogP contribution in [0.15, 0.2) is 0 Å². The average Bonchev–Trinajstić information content (AvgIpc) is 2.85. The number of esters is 1. The molecular formula is C22H46O11P4S2. The van der Waals surface area contributed by atoms with Crippen molar-refractivity contribution < 1.29 is 51.0 Å². The standard InChI is InChI=1S/C22H46O11P4S2/c1-6-29-21(23)11-12-35(26,31-8-3)15-16-37(28,33-10-5)18-17-36(27,32-9-4)14-13-34(24,25)19-20-39-22(38)30-7-2/h6-20H2,1-5H3,(H,24,25). The Hall–Kier alpha value is 0.470. The molecule has 0 amide bonds. The third-order valence-corrected chi connectivity index (χ3v) is 17.4. The molecule has 17 heteroatoms. The number of thiocarbonyl (C=S) groups is 1. The van der Waals surface area contributed by atoms with E-state index in [1.54, 1.807) is 34.6 Å². The highest BCUT2D eigenvalue weighted by molar-refractivity contribution is 8.22. The minimum absolute atomic E-state index is 0.0209. The van der Waals surface area contributed by atoms with Gasteiger partial charge in [0.1, 0.15) is 0 Å². The van der Waals surface area contributed by atoms with Crippen LogP contribution in [0.1, 0.15) is 41.0 Å². The largest absolute Gasteiger partial charge is 0.479 e. The van der Waals surface area contributed by atoms with Gasteiger partial charge in [0.15, 0.2) is 0 Å². The summed E-state index contributed by atoms with van der Waals surface area (Å²) in [4.78, 5) is 22.1. The van der Waals surface area contributed by atoms with Gasteiger partial charge in [-0.3, -0.25) is 23.1 Å². The Labute approximate surface area is 243 Å². The van der Waals surface area contributed by atoms with Gasteiger partial charge < -0.3 is 27.9 Å². The van der Waals surface area contributed by atoms with E-state index in [1.807, 2.05) is 0 Å². The summed E-state index contributed by atoms with van der Waals surface area (Å²) in [5.41, 5.74) is 0. The SMILES string of the molecule is CCOC(=O)CCP(=O)(CCP(=O)(CCP(=O)(CCP(=O)(O)CCSC(=S)OCC)OCC)OCC)OCC. The van der Waals surface area contributed by atoms with Gasteiger partial charge in [0.2, 0.25) is 33.9 Å². The van der Waals surface area contributed by atoms with Gasteiger partial charge >= 0.3 is 5.97 Å². The summed E-state index contributed by atoms with van der Waals surface area (Å²) in [6.45, 7) is 9.55. The summed E-state index contributed by atoms with van der Waals surface area (Å²) < 4.78 is 80.0. The lowest BCUT2D eigenvalue weighted by Gasteiger charge is -2.25. The monoisotopic (exact) mass is 674 g/mol. The topological polar surface area (TPSA) is 152 Å². The van der Waals surface area contributed by atoms with Gasteiger partial charge in [-0.2, -0.15) is 0 Å². The highest BCUT2D eigenvalue weighted by Crippen LogP contribution is 2.58. The lowest BCUT2D eigenvalue weighted by molar-refractivity contribution is -0.142. The second-order valence-corrected chi connectivity index (χ2v) is 21.0. The van der Waals surface area contributed by atoms with Crippen molar-refractivity contribution >= 4 is 63.8 Å². The molecule has 0 saturated carbocycles. The molecule has 0 saturated heterocycles. The molecular weight excluding hydrogens is 628 g/mol. The van der Waals surface area contributed by atoms with E-state index in [0.717, 1.165) is 0 Å². The van der Waals surface area contributed by atoms with Crippen molar-refractivity contribution in [2.45, 2.75) is 41.0 Å². The van der Waals surface area contributed by atoms with Crippen LogP contribution in [0.3, 0.4) is 0 Å². The summed E-state index contributed by atoms with van der Waals surface area (Å²) in [5.74, 6) is -0.193. The number of hydrogen-bond donors (Lipinski definition) is 1. The minimum Gasteiger partial charge on any atom is -0.479 e. The first kappa shape index (κ1) is 39.5. The van der Waals surface area contributed by atoms with Crippen LogP contribution < -0.4 is 0 Å². The molecule has 232 valence electrons. The predicted octanol–water partition coefficient (Wildman–Crippen LogP) is 6.21. The van der Waals surface area contributed by atoms with Crippen LogP contribution in [0.2, 0.25) is 0 Å². The molecule has 1 N–H and O–H groups in total. The van der Waals surface area contributed by atoms with Crippen molar-refractivity contribution in [1.29, 1.82) is 0 Å². The van der Waals surface area contributed by atoms with Gasteiger partial charge in [-0.1, -0.05) is 11.8 Å². The molecule has 0 spiro atoms. The maximum atomic E-state index is 13.6. The van der Waals surface area contributed by atoms with Crippen LogP contribution in [0.25, 0.3) is 0 Å². The zero-order valence-corrected chi connectivity index (χ0v) is 29.0. The summed E-state index contributed by atoms with van der Waals surface area (Å²) in [5, 5.41) is 0. The smallest absolute Gasteiger partial charge is 0.306 e. The first-order valence-electron chi connectivity index (χ1n) is 13.1. The minimum atomic E-state index is -3.61. The van der Waals surface area contributed by atoms with E-state index in [0.29, 0.717) is 16.7 Å². The summed E-state index contributed by atoms with van der Waals surface area (Å²) in [7, 11) is -13.7. The molecule has 0 aromatic carbocycles. The normalized spacial score (nSPS) is 17.8. The fourth-order valence-electron chi connectivity index (χ4n) is 3.38. The van der Waals surface area contributed by atoms with Crippen LogP contribution in [0, 0.1) is 0 Å². The van der Waals surface area contributed by atoms with Crippen LogP contribution in [0.4, 0.5) is 0 Å². The molecule has 0 rings (SSSR count). The third kappa shape index (κ3) is 18.6. The van der Waals surface area contributed by atoms with Crippen molar-refractivity contribution in [2.75, 3.05) is 88.1 Å². The average molecular weight is 675 g/mol. The maximum Gasteiger partial charge on any atom is 0.306 e. The molecule has 0 aromatic rings. The van der Waals surface area contributed by atoms with Gasteiger partial charge in [0, 0.05) is 55.0 Å². The van der Waals surface area contributed by atoms with Crippen LogP contribution in [-0.2, 0) is 46.1 Å². The molecule has 4 unspecified atom stereocenters. The van der Waals surface area contributed by atoms with E-state index in [-0.39, 0.29) is 82.1 Å². The Morgan fingerprint density at radius 2 is 1.05 bits per heavy atom. The number of thioether (sulfide) groups is 1. The molecule has 0 aliphatic rings. The first-order chi connectivity index (χ1) is 18.2. The molecule has 0 fully saturated rings.